The van der Waals surface area contributed by atoms with Gasteiger partial charge in [-0.3, -0.25) is 0 Å². The number of hydrogen-bond donors (Lipinski definition) is 0. The van der Waals surface area contributed by atoms with Crippen molar-refractivity contribution >= 4 is 17.9 Å². The van der Waals surface area contributed by atoms with Gasteiger partial charge >= 0.3 is 5.97 Å². The van der Waals surface area contributed by atoms with E-state index < -0.39 is 5.97 Å². The van der Waals surface area contributed by atoms with Crippen LogP contribution in [0.1, 0.15) is 16.7 Å². The number of benzene rings is 3. The highest BCUT2D eigenvalue weighted by atomic mass is 19.1. The first-order valence-corrected chi connectivity index (χ1v) is 8.73. The molecule has 28 heavy (non-hydrogen) atoms. The van der Waals surface area contributed by atoms with E-state index in [1.165, 1.54) is 12.1 Å². The van der Waals surface area contributed by atoms with Crippen molar-refractivity contribution in [1.29, 1.82) is 0 Å². The standard InChI is InChI=1S/C23H16FNO3/c24-19-11-6-7-16(13-19)15-27-21-12-5-4-10-18(21)14-20-23(26)28-22(25-20)17-8-2-1-3-9-17/h1-14H,15H2/b20-14+. The van der Waals surface area contributed by atoms with Gasteiger partial charge in [0, 0.05) is 11.1 Å². The summed E-state index contributed by atoms with van der Waals surface area (Å²) in [6, 6.07) is 22.7. The number of esters is 1. The maximum Gasteiger partial charge on any atom is 0.363 e. The van der Waals surface area contributed by atoms with Gasteiger partial charge in [0.2, 0.25) is 5.90 Å². The number of carbonyl (C=O) groups is 1. The van der Waals surface area contributed by atoms with Crippen molar-refractivity contribution in [2.24, 2.45) is 4.99 Å². The Labute approximate surface area is 161 Å². The third kappa shape index (κ3) is 3.99. The van der Waals surface area contributed by atoms with Crippen molar-refractivity contribution in [1.82, 2.24) is 0 Å². The van der Waals surface area contributed by atoms with Crippen LogP contribution in [0.5, 0.6) is 5.75 Å². The topological polar surface area (TPSA) is 47.9 Å². The molecular formula is C23H16FNO3. The van der Waals surface area contributed by atoms with Crippen LogP contribution in [0.15, 0.2) is 89.6 Å². The summed E-state index contributed by atoms with van der Waals surface area (Å²) < 4.78 is 24.4. The molecule has 0 saturated heterocycles. The van der Waals surface area contributed by atoms with Crippen molar-refractivity contribution in [3.8, 4) is 5.75 Å². The quantitative estimate of drug-likeness (QED) is 0.479. The minimum absolute atomic E-state index is 0.195. The van der Waals surface area contributed by atoms with E-state index in [1.54, 1.807) is 24.3 Å². The molecule has 4 nitrogen and oxygen atoms in total. The second-order valence-corrected chi connectivity index (χ2v) is 6.16. The van der Waals surface area contributed by atoms with Crippen molar-refractivity contribution in [3.63, 3.8) is 0 Å². The molecule has 0 amide bonds. The van der Waals surface area contributed by atoms with E-state index in [2.05, 4.69) is 4.99 Å². The Morgan fingerprint density at radius 1 is 0.964 bits per heavy atom. The molecule has 0 fully saturated rings. The first kappa shape index (κ1) is 17.7. The van der Waals surface area contributed by atoms with Crippen LogP contribution in [0.25, 0.3) is 6.08 Å². The van der Waals surface area contributed by atoms with Crippen LogP contribution in [-0.2, 0) is 16.1 Å². The number of cyclic esters (lactones) is 1. The van der Waals surface area contributed by atoms with Gasteiger partial charge in [-0.2, -0.15) is 0 Å². The molecule has 0 spiro atoms. The number of halogens is 1. The maximum atomic E-state index is 13.3. The van der Waals surface area contributed by atoms with Gasteiger partial charge in [-0.05, 0) is 42.0 Å². The van der Waals surface area contributed by atoms with Gasteiger partial charge in [0.25, 0.3) is 0 Å². The molecule has 0 atom stereocenters. The SMILES string of the molecule is O=C1OC(c2ccccc2)=N/C1=C/c1ccccc1OCc1cccc(F)c1. The molecule has 0 radical (unpaired) electrons. The normalized spacial score (nSPS) is 14.7. The van der Waals surface area contributed by atoms with E-state index in [4.69, 9.17) is 9.47 Å². The summed E-state index contributed by atoms with van der Waals surface area (Å²) in [5.74, 6) is 0.0113. The first-order chi connectivity index (χ1) is 13.7. The van der Waals surface area contributed by atoms with Crippen LogP contribution < -0.4 is 4.74 Å². The average Bonchev–Trinajstić information content (AvgIpc) is 3.08. The highest BCUT2D eigenvalue weighted by Crippen LogP contribution is 2.25. The summed E-state index contributed by atoms with van der Waals surface area (Å²) in [7, 11) is 0. The molecule has 3 aromatic carbocycles. The van der Waals surface area contributed by atoms with E-state index in [1.807, 2.05) is 48.5 Å². The Morgan fingerprint density at radius 2 is 1.75 bits per heavy atom. The first-order valence-electron chi connectivity index (χ1n) is 8.73. The maximum absolute atomic E-state index is 13.3. The molecule has 5 heteroatoms. The molecule has 4 rings (SSSR count). The lowest BCUT2D eigenvalue weighted by Crippen LogP contribution is -2.05. The van der Waals surface area contributed by atoms with Crippen LogP contribution in [0.4, 0.5) is 4.39 Å². The largest absolute Gasteiger partial charge is 0.488 e. The molecule has 138 valence electrons. The number of aliphatic imine (C=N–C) groups is 1. The van der Waals surface area contributed by atoms with E-state index in [-0.39, 0.29) is 24.0 Å². The second kappa shape index (κ2) is 7.88. The summed E-state index contributed by atoms with van der Waals surface area (Å²) in [6.07, 6.45) is 1.62. The number of ether oxygens (including phenoxy) is 2. The summed E-state index contributed by atoms with van der Waals surface area (Å²) in [5.41, 5.74) is 2.33. The van der Waals surface area contributed by atoms with Crippen LogP contribution in [-0.4, -0.2) is 11.9 Å². The van der Waals surface area contributed by atoms with Gasteiger partial charge in [-0.25, -0.2) is 14.2 Å². The number of para-hydroxylation sites is 1. The average molecular weight is 373 g/mol. The number of carbonyl (C=O) groups excluding carboxylic acids is 1. The van der Waals surface area contributed by atoms with Crippen LogP contribution in [0, 0.1) is 5.82 Å². The summed E-state index contributed by atoms with van der Waals surface area (Å²) in [6.45, 7) is 0.209. The lowest BCUT2D eigenvalue weighted by Gasteiger charge is -2.09. The Morgan fingerprint density at radius 3 is 2.57 bits per heavy atom. The highest BCUT2D eigenvalue weighted by molar-refractivity contribution is 6.12. The third-order valence-corrected chi connectivity index (χ3v) is 4.14. The Balaban J connectivity index is 1.58. The zero-order valence-electron chi connectivity index (χ0n) is 14.8. The van der Waals surface area contributed by atoms with Crippen molar-refractivity contribution in [2.75, 3.05) is 0 Å². The van der Waals surface area contributed by atoms with Gasteiger partial charge in [-0.1, -0.05) is 48.5 Å². The van der Waals surface area contributed by atoms with E-state index in [0.29, 0.717) is 16.9 Å². The predicted octanol–water partition coefficient (Wildman–Crippen LogP) is 4.75. The minimum Gasteiger partial charge on any atom is -0.488 e. The molecule has 0 N–H and O–H groups in total. The van der Waals surface area contributed by atoms with Gasteiger partial charge in [0.15, 0.2) is 5.70 Å². The lowest BCUT2D eigenvalue weighted by molar-refractivity contribution is -0.129. The zero-order chi connectivity index (χ0) is 19.3. The fourth-order valence-corrected chi connectivity index (χ4v) is 2.78. The molecular weight excluding hydrogens is 357 g/mol. The zero-order valence-corrected chi connectivity index (χ0v) is 14.8. The minimum atomic E-state index is -0.515. The van der Waals surface area contributed by atoms with Gasteiger partial charge in [0.1, 0.15) is 18.2 Å². The molecule has 1 heterocycles. The Bertz CT molecular complexity index is 1070. The molecule has 3 aromatic rings. The fraction of sp³-hybridized carbons (Fsp3) is 0.0435. The van der Waals surface area contributed by atoms with Crippen LogP contribution in [0.2, 0.25) is 0 Å². The summed E-state index contributed by atoms with van der Waals surface area (Å²) >= 11 is 0. The second-order valence-electron chi connectivity index (χ2n) is 6.16. The van der Waals surface area contributed by atoms with Crippen molar-refractivity contribution < 1.29 is 18.7 Å². The Kier molecular flexibility index (Phi) is 4.97. The third-order valence-electron chi connectivity index (χ3n) is 4.14. The molecule has 1 aliphatic heterocycles. The Hall–Kier alpha value is -3.73. The molecule has 0 aliphatic carbocycles. The number of rotatable bonds is 5. The number of hydrogen-bond acceptors (Lipinski definition) is 4. The van der Waals surface area contributed by atoms with E-state index in [9.17, 15) is 9.18 Å². The van der Waals surface area contributed by atoms with Gasteiger partial charge in [0.05, 0.1) is 0 Å². The highest BCUT2D eigenvalue weighted by Gasteiger charge is 2.24. The van der Waals surface area contributed by atoms with E-state index in [0.717, 1.165) is 5.56 Å². The van der Waals surface area contributed by atoms with Crippen LogP contribution >= 0.6 is 0 Å². The molecule has 0 unspecified atom stereocenters. The van der Waals surface area contributed by atoms with Crippen LogP contribution in [0.3, 0.4) is 0 Å². The van der Waals surface area contributed by atoms with E-state index >= 15 is 0 Å². The smallest absolute Gasteiger partial charge is 0.363 e. The monoisotopic (exact) mass is 373 g/mol. The lowest BCUT2D eigenvalue weighted by atomic mass is 10.1. The van der Waals surface area contributed by atoms with Crippen molar-refractivity contribution in [2.45, 2.75) is 6.61 Å². The molecule has 0 bridgehead atoms. The van der Waals surface area contributed by atoms with Gasteiger partial charge < -0.3 is 9.47 Å². The van der Waals surface area contributed by atoms with Gasteiger partial charge in [-0.15, -0.1) is 0 Å². The number of nitrogens with zero attached hydrogens (tertiary/aromatic N) is 1. The summed E-state index contributed by atoms with van der Waals surface area (Å²) in [4.78, 5) is 16.5. The molecule has 0 saturated carbocycles. The van der Waals surface area contributed by atoms with Crippen molar-refractivity contribution in [3.05, 3.63) is 107 Å². The predicted molar refractivity (Wildman–Crippen MR) is 104 cm³/mol. The molecule has 1 aliphatic rings. The summed E-state index contributed by atoms with van der Waals surface area (Å²) in [5, 5.41) is 0. The molecule has 0 aromatic heterocycles. The fourth-order valence-electron chi connectivity index (χ4n) is 2.78.